The first-order valence-electron chi connectivity index (χ1n) is 8.95. The molecular formula is C21H23N3O3. The van der Waals surface area contributed by atoms with Crippen molar-refractivity contribution < 1.29 is 14.3 Å². The lowest BCUT2D eigenvalue weighted by atomic mass is 10.1. The molecule has 6 heteroatoms. The van der Waals surface area contributed by atoms with Crippen LogP contribution >= 0.6 is 0 Å². The van der Waals surface area contributed by atoms with Gasteiger partial charge in [0.15, 0.2) is 0 Å². The molecule has 2 amide bonds. The smallest absolute Gasteiger partial charge is 0.269 e. The zero-order valence-corrected chi connectivity index (χ0v) is 15.6. The van der Waals surface area contributed by atoms with Gasteiger partial charge in [0.05, 0.1) is 12.2 Å². The second-order valence-corrected chi connectivity index (χ2v) is 6.48. The maximum Gasteiger partial charge on any atom is 0.269 e. The van der Waals surface area contributed by atoms with Crippen LogP contribution in [0.4, 0.5) is 5.69 Å². The average molecular weight is 365 g/mol. The fourth-order valence-electron chi connectivity index (χ4n) is 2.81. The normalized spacial score (nSPS) is 13.9. The van der Waals surface area contributed by atoms with E-state index in [0.29, 0.717) is 31.0 Å². The molecule has 0 radical (unpaired) electrons. The molecule has 2 aromatic rings. The van der Waals surface area contributed by atoms with Crippen molar-refractivity contribution in [2.45, 2.75) is 19.8 Å². The number of carbonyl (C=O) groups is 2. The minimum atomic E-state index is -0.184. The Morgan fingerprint density at radius 2 is 1.93 bits per heavy atom. The summed E-state index contributed by atoms with van der Waals surface area (Å²) in [7, 11) is 1.72. The van der Waals surface area contributed by atoms with Crippen LogP contribution in [0.1, 0.15) is 18.4 Å². The number of likely N-dealkylation sites (N-methyl/N-ethyl adjacent to an activating group) is 1. The number of aryl methyl sites for hydroxylation is 1. The predicted molar refractivity (Wildman–Crippen MR) is 105 cm³/mol. The Labute approximate surface area is 159 Å². The molecule has 0 N–H and O–H groups in total. The van der Waals surface area contributed by atoms with Crippen molar-refractivity contribution in [3.05, 3.63) is 60.2 Å². The van der Waals surface area contributed by atoms with E-state index in [1.165, 1.54) is 5.01 Å². The molecule has 0 atom stereocenters. The van der Waals surface area contributed by atoms with Gasteiger partial charge in [-0.25, -0.2) is 5.01 Å². The number of amides is 2. The molecule has 0 saturated carbocycles. The summed E-state index contributed by atoms with van der Waals surface area (Å²) in [5.41, 5.74) is 2.17. The molecule has 1 heterocycles. The molecule has 1 aliphatic heterocycles. The predicted octanol–water partition coefficient (Wildman–Crippen LogP) is 3.02. The van der Waals surface area contributed by atoms with E-state index in [2.05, 4.69) is 5.10 Å². The summed E-state index contributed by atoms with van der Waals surface area (Å²) in [5, 5.41) is 5.61. The van der Waals surface area contributed by atoms with Gasteiger partial charge >= 0.3 is 0 Å². The van der Waals surface area contributed by atoms with Gasteiger partial charge in [-0.05, 0) is 36.8 Å². The third-order valence-corrected chi connectivity index (χ3v) is 4.31. The lowest BCUT2D eigenvalue weighted by Gasteiger charge is -2.25. The second kappa shape index (κ2) is 8.49. The number of nitrogens with zero attached hydrogens (tertiary/aromatic N) is 3. The summed E-state index contributed by atoms with van der Waals surface area (Å²) in [4.78, 5) is 26.4. The van der Waals surface area contributed by atoms with E-state index >= 15 is 0 Å². The monoisotopic (exact) mass is 365 g/mol. The number of hydrogen-bond donors (Lipinski definition) is 0. The minimum Gasteiger partial charge on any atom is -0.492 e. The molecule has 0 fully saturated rings. The largest absolute Gasteiger partial charge is 0.492 e. The Kier molecular flexibility index (Phi) is 5.86. The first kappa shape index (κ1) is 18.6. The van der Waals surface area contributed by atoms with Gasteiger partial charge in [0.25, 0.3) is 5.91 Å². The summed E-state index contributed by atoms with van der Waals surface area (Å²) in [6, 6.07) is 16.9. The Bertz CT molecular complexity index is 849. The maximum atomic E-state index is 12.7. The fraction of sp³-hybridized carbons (Fsp3) is 0.286. The molecule has 1 aliphatic rings. The highest BCUT2D eigenvalue weighted by atomic mass is 16.5. The van der Waals surface area contributed by atoms with Crippen LogP contribution in [0.15, 0.2) is 59.7 Å². The van der Waals surface area contributed by atoms with E-state index in [9.17, 15) is 9.59 Å². The number of benzene rings is 2. The number of hydrazone groups is 1. The second-order valence-electron chi connectivity index (χ2n) is 6.48. The maximum absolute atomic E-state index is 12.7. The van der Waals surface area contributed by atoms with E-state index < -0.39 is 0 Å². The van der Waals surface area contributed by atoms with Gasteiger partial charge in [-0.15, -0.1) is 0 Å². The molecule has 2 aromatic carbocycles. The van der Waals surface area contributed by atoms with E-state index in [0.717, 1.165) is 11.3 Å². The third-order valence-electron chi connectivity index (χ3n) is 4.31. The average Bonchev–Trinajstić information content (AvgIpc) is 2.68. The number of para-hydroxylation sites is 1. The van der Waals surface area contributed by atoms with Crippen molar-refractivity contribution in [2.24, 2.45) is 5.10 Å². The zero-order valence-electron chi connectivity index (χ0n) is 15.6. The van der Waals surface area contributed by atoms with Crippen molar-refractivity contribution in [3.63, 3.8) is 0 Å². The van der Waals surface area contributed by atoms with Gasteiger partial charge < -0.3 is 9.64 Å². The van der Waals surface area contributed by atoms with Crippen molar-refractivity contribution in [1.82, 2.24) is 4.90 Å². The number of hydrogen-bond acceptors (Lipinski definition) is 4. The zero-order chi connectivity index (χ0) is 19.2. The van der Waals surface area contributed by atoms with Crippen LogP contribution in [-0.2, 0) is 9.59 Å². The van der Waals surface area contributed by atoms with E-state index in [4.69, 9.17) is 4.74 Å². The molecule has 27 heavy (non-hydrogen) atoms. The topological polar surface area (TPSA) is 62.2 Å². The Balaban J connectivity index is 1.61. The molecule has 3 rings (SSSR count). The van der Waals surface area contributed by atoms with E-state index in [1.807, 2.05) is 49.4 Å². The fourth-order valence-corrected chi connectivity index (χ4v) is 2.81. The number of rotatable bonds is 6. The summed E-state index contributed by atoms with van der Waals surface area (Å²) in [6.07, 6.45) is 0.622. The molecule has 0 spiro atoms. The van der Waals surface area contributed by atoms with Crippen molar-refractivity contribution in [1.29, 1.82) is 0 Å². The first-order chi connectivity index (χ1) is 13.0. The standard InChI is InChI=1S/C21H23N3O3/c1-16-7-6-10-18(15-16)27-14-13-23(2)21(26)19-11-12-20(25)24(22-19)17-8-4-3-5-9-17/h3-10,15H,11-14H2,1-2H3. The number of anilines is 1. The van der Waals surface area contributed by atoms with Crippen LogP contribution in [0.25, 0.3) is 0 Å². The van der Waals surface area contributed by atoms with Gasteiger partial charge in [-0.3, -0.25) is 9.59 Å². The lowest BCUT2D eigenvalue weighted by molar-refractivity contribution is -0.123. The molecule has 0 bridgehead atoms. The lowest BCUT2D eigenvalue weighted by Crippen LogP contribution is -2.41. The number of carbonyl (C=O) groups excluding carboxylic acids is 2. The first-order valence-corrected chi connectivity index (χ1v) is 8.95. The molecule has 0 unspecified atom stereocenters. The molecule has 0 saturated heterocycles. The Morgan fingerprint density at radius 1 is 1.15 bits per heavy atom. The van der Waals surface area contributed by atoms with Crippen LogP contribution in [0.3, 0.4) is 0 Å². The Hall–Kier alpha value is -3.15. The summed E-state index contributed by atoms with van der Waals surface area (Å²) >= 11 is 0. The summed E-state index contributed by atoms with van der Waals surface area (Å²) < 4.78 is 5.70. The molecule has 6 nitrogen and oxygen atoms in total. The molecule has 140 valence electrons. The SMILES string of the molecule is Cc1cccc(OCCN(C)C(=O)C2=NN(c3ccccc3)C(=O)CC2)c1. The van der Waals surface area contributed by atoms with Gasteiger partial charge in [-0.1, -0.05) is 30.3 Å². The van der Waals surface area contributed by atoms with Crippen molar-refractivity contribution >= 4 is 23.2 Å². The summed E-state index contributed by atoms with van der Waals surface area (Å²) in [5.74, 6) is 0.492. The third kappa shape index (κ3) is 4.73. The van der Waals surface area contributed by atoms with E-state index in [-0.39, 0.29) is 18.2 Å². The highest BCUT2D eigenvalue weighted by Crippen LogP contribution is 2.20. The number of ether oxygens (including phenoxy) is 1. The van der Waals surface area contributed by atoms with Crippen molar-refractivity contribution in [2.75, 3.05) is 25.2 Å². The molecular weight excluding hydrogens is 342 g/mol. The highest BCUT2D eigenvalue weighted by molar-refractivity contribution is 6.40. The quantitative estimate of drug-likeness (QED) is 0.790. The van der Waals surface area contributed by atoms with E-state index in [1.54, 1.807) is 24.1 Å². The highest BCUT2D eigenvalue weighted by Gasteiger charge is 2.27. The van der Waals surface area contributed by atoms with Crippen LogP contribution < -0.4 is 9.75 Å². The van der Waals surface area contributed by atoms with Gasteiger partial charge in [0.1, 0.15) is 18.1 Å². The summed E-state index contributed by atoms with van der Waals surface area (Å²) in [6.45, 7) is 2.83. The van der Waals surface area contributed by atoms with Crippen LogP contribution in [-0.4, -0.2) is 42.6 Å². The van der Waals surface area contributed by atoms with Crippen LogP contribution in [0.5, 0.6) is 5.75 Å². The van der Waals surface area contributed by atoms with Gasteiger partial charge in [-0.2, -0.15) is 5.10 Å². The van der Waals surface area contributed by atoms with Crippen LogP contribution in [0.2, 0.25) is 0 Å². The molecule has 0 aromatic heterocycles. The van der Waals surface area contributed by atoms with Gasteiger partial charge in [0, 0.05) is 19.9 Å². The van der Waals surface area contributed by atoms with Gasteiger partial charge in [0.2, 0.25) is 5.91 Å². The van der Waals surface area contributed by atoms with Crippen molar-refractivity contribution in [3.8, 4) is 5.75 Å². The minimum absolute atomic E-state index is 0.108. The Morgan fingerprint density at radius 3 is 2.67 bits per heavy atom. The van der Waals surface area contributed by atoms with Crippen LogP contribution in [0, 0.1) is 6.92 Å². The molecule has 0 aliphatic carbocycles.